The summed E-state index contributed by atoms with van der Waals surface area (Å²) in [5.74, 6) is 1.13. The monoisotopic (exact) mass is 420 g/mol. The van der Waals surface area contributed by atoms with Crippen LogP contribution >= 0.6 is 11.6 Å². The van der Waals surface area contributed by atoms with Gasteiger partial charge >= 0.3 is 0 Å². The second-order valence-corrected chi connectivity index (χ2v) is 8.43. The lowest BCUT2D eigenvalue weighted by atomic mass is 10.0. The van der Waals surface area contributed by atoms with E-state index in [0.717, 1.165) is 11.1 Å². The fourth-order valence-corrected chi connectivity index (χ4v) is 4.65. The maximum Gasteiger partial charge on any atom is 0.285 e. The summed E-state index contributed by atoms with van der Waals surface area (Å²) in [6.07, 6.45) is 0. The van der Waals surface area contributed by atoms with Gasteiger partial charge in [-0.25, -0.2) is 0 Å². The summed E-state index contributed by atoms with van der Waals surface area (Å²) in [6.45, 7) is 5.64. The molecule has 0 saturated heterocycles. The molecule has 3 rings (SSSR count). The molecule has 0 radical (unpaired) electrons. The van der Waals surface area contributed by atoms with Crippen molar-refractivity contribution in [3.8, 4) is 11.5 Å². The molecule has 1 aliphatic heterocycles. The van der Waals surface area contributed by atoms with Gasteiger partial charge in [0, 0.05) is 11.6 Å². The van der Waals surface area contributed by atoms with Gasteiger partial charge in [-0.15, -0.1) is 4.40 Å². The molecule has 28 heavy (non-hydrogen) atoms. The zero-order chi connectivity index (χ0) is 20.6. The van der Waals surface area contributed by atoms with Gasteiger partial charge in [0.25, 0.3) is 10.0 Å². The van der Waals surface area contributed by atoms with Crippen LogP contribution in [0.3, 0.4) is 0 Å². The summed E-state index contributed by atoms with van der Waals surface area (Å²) >= 11 is 6.20. The van der Waals surface area contributed by atoms with Crippen molar-refractivity contribution in [3.05, 3.63) is 57.6 Å². The van der Waals surface area contributed by atoms with Crippen molar-refractivity contribution in [3.63, 3.8) is 0 Å². The molecule has 0 unspecified atom stereocenters. The number of methoxy groups -OCH3 is 2. The van der Waals surface area contributed by atoms with Crippen molar-refractivity contribution in [2.45, 2.75) is 20.8 Å². The maximum atomic E-state index is 12.7. The lowest BCUT2D eigenvalue weighted by molar-refractivity contribution is 0.396. The molecule has 0 aromatic heterocycles. The first-order chi connectivity index (χ1) is 13.2. The van der Waals surface area contributed by atoms with Crippen molar-refractivity contribution in [1.82, 2.24) is 0 Å². The third kappa shape index (κ3) is 3.59. The van der Waals surface area contributed by atoms with E-state index < -0.39 is 10.0 Å². The van der Waals surface area contributed by atoms with Crippen molar-refractivity contribution in [1.29, 1.82) is 0 Å². The number of anilines is 1. The molecular weight excluding hydrogens is 400 g/mol. The molecule has 0 bridgehead atoms. The van der Waals surface area contributed by atoms with E-state index in [0.29, 0.717) is 33.3 Å². The minimum absolute atomic E-state index is 0.191. The van der Waals surface area contributed by atoms with Crippen LogP contribution in [0.15, 0.2) is 40.3 Å². The number of ether oxygens (including phenoxy) is 2. The lowest BCUT2D eigenvalue weighted by Crippen LogP contribution is -2.12. The van der Waals surface area contributed by atoms with Crippen molar-refractivity contribution in [2.75, 3.05) is 19.5 Å². The minimum Gasteiger partial charge on any atom is -0.495 e. The highest BCUT2D eigenvalue weighted by Gasteiger charge is 2.31. The number of sulfonamides is 1. The highest BCUT2D eigenvalue weighted by atomic mass is 35.5. The van der Waals surface area contributed by atoms with E-state index in [4.69, 9.17) is 21.1 Å². The van der Waals surface area contributed by atoms with E-state index in [1.54, 1.807) is 25.1 Å². The van der Waals surface area contributed by atoms with Gasteiger partial charge in [-0.05, 0) is 43.5 Å². The van der Waals surface area contributed by atoms with Gasteiger partial charge in [0.15, 0.2) is 0 Å². The minimum atomic E-state index is -3.82. The summed E-state index contributed by atoms with van der Waals surface area (Å²) < 4.78 is 39.9. The molecule has 0 fully saturated rings. The number of amidine groups is 1. The summed E-state index contributed by atoms with van der Waals surface area (Å²) in [7, 11) is -0.816. The molecule has 8 heteroatoms. The fraction of sp³-hybridized carbons (Fsp3) is 0.250. The van der Waals surface area contributed by atoms with Crippen LogP contribution in [0, 0.1) is 13.8 Å². The number of hydrogen-bond acceptors (Lipinski definition) is 5. The molecule has 0 amide bonds. The van der Waals surface area contributed by atoms with E-state index in [9.17, 15) is 8.42 Å². The lowest BCUT2D eigenvalue weighted by Gasteiger charge is -2.14. The quantitative estimate of drug-likeness (QED) is 0.784. The predicted octanol–water partition coefficient (Wildman–Crippen LogP) is 4.56. The number of rotatable bonds is 4. The number of halogens is 1. The first kappa shape index (κ1) is 20.2. The number of nitrogens with zero attached hydrogens (tertiary/aromatic N) is 1. The van der Waals surface area contributed by atoms with Gasteiger partial charge in [0.1, 0.15) is 22.2 Å². The Morgan fingerprint density at radius 2 is 1.64 bits per heavy atom. The van der Waals surface area contributed by atoms with Crippen LogP contribution < -0.4 is 14.8 Å². The predicted molar refractivity (Wildman–Crippen MR) is 113 cm³/mol. The van der Waals surface area contributed by atoms with E-state index in [2.05, 4.69) is 9.71 Å². The first-order valence-electron chi connectivity index (χ1n) is 8.50. The van der Waals surface area contributed by atoms with Gasteiger partial charge in [-0.3, -0.25) is 0 Å². The Labute approximate surface area is 169 Å². The van der Waals surface area contributed by atoms with E-state index in [1.165, 1.54) is 14.2 Å². The second-order valence-electron chi connectivity index (χ2n) is 6.48. The zero-order valence-corrected chi connectivity index (χ0v) is 17.8. The van der Waals surface area contributed by atoms with Crippen LogP contribution in [0.4, 0.5) is 5.69 Å². The molecule has 0 saturated carbocycles. The van der Waals surface area contributed by atoms with Gasteiger partial charge in [-0.2, -0.15) is 8.42 Å². The van der Waals surface area contributed by atoms with E-state index >= 15 is 0 Å². The van der Waals surface area contributed by atoms with E-state index in [1.807, 2.05) is 26.0 Å². The smallest absolute Gasteiger partial charge is 0.285 e. The van der Waals surface area contributed by atoms with Crippen molar-refractivity contribution < 1.29 is 17.9 Å². The molecule has 0 spiro atoms. The third-order valence-electron chi connectivity index (χ3n) is 4.66. The van der Waals surface area contributed by atoms with Crippen molar-refractivity contribution >= 4 is 38.1 Å². The molecule has 6 nitrogen and oxygen atoms in total. The topological polar surface area (TPSA) is 77.0 Å². The van der Waals surface area contributed by atoms with Gasteiger partial charge in [-0.1, -0.05) is 29.8 Å². The second kappa shape index (κ2) is 7.48. The first-order valence-corrected chi connectivity index (χ1v) is 10.3. The zero-order valence-electron chi connectivity index (χ0n) is 16.3. The van der Waals surface area contributed by atoms with Crippen LogP contribution in [0.5, 0.6) is 11.5 Å². The van der Waals surface area contributed by atoms with Crippen LogP contribution in [-0.4, -0.2) is 28.5 Å². The summed E-state index contributed by atoms with van der Waals surface area (Å²) in [5.41, 5.74) is 3.73. The SMILES string of the molecule is COc1cc(OC)c(NC2=NS(=O)(=O)C(c3ccc(C)c(C)c3)=C2C)cc1Cl. The average Bonchev–Trinajstić information content (AvgIpc) is 2.86. The Kier molecular flexibility index (Phi) is 5.41. The molecule has 1 N–H and O–H groups in total. The molecule has 0 atom stereocenters. The molecule has 1 heterocycles. The Morgan fingerprint density at radius 1 is 0.964 bits per heavy atom. The standard InChI is InChI=1S/C20H21ClN2O4S/c1-11-6-7-14(8-12(11)2)19-13(3)20(23-28(19,24)25)22-16-9-15(21)17(26-4)10-18(16)27-5/h6-10H,1-5H3,(H,22,23). The Hall–Kier alpha value is -2.51. The Bertz CT molecular complexity index is 1120. The van der Waals surface area contributed by atoms with Gasteiger partial charge in [0.2, 0.25) is 0 Å². The number of nitrogens with one attached hydrogen (secondary N) is 1. The molecule has 0 aliphatic carbocycles. The third-order valence-corrected chi connectivity index (χ3v) is 6.44. The summed E-state index contributed by atoms with van der Waals surface area (Å²) in [4.78, 5) is 0.191. The molecule has 2 aromatic carbocycles. The highest BCUT2D eigenvalue weighted by molar-refractivity contribution is 8.00. The average molecular weight is 421 g/mol. The molecule has 2 aromatic rings. The van der Waals surface area contributed by atoms with Gasteiger partial charge < -0.3 is 14.8 Å². The number of hydrogen-bond donors (Lipinski definition) is 1. The van der Waals surface area contributed by atoms with Crippen LogP contribution in [0.1, 0.15) is 23.6 Å². The Morgan fingerprint density at radius 3 is 2.25 bits per heavy atom. The largest absolute Gasteiger partial charge is 0.495 e. The normalized spacial score (nSPS) is 15.4. The van der Waals surface area contributed by atoms with E-state index in [-0.39, 0.29) is 10.7 Å². The highest BCUT2D eigenvalue weighted by Crippen LogP contribution is 2.38. The molecule has 148 valence electrons. The van der Waals surface area contributed by atoms with Gasteiger partial charge in [0.05, 0.1) is 24.9 Å². The van der Waals surface area contributed by atoms with Crippen LogP contribution in [-0.2, 0) is 10.0 Å². The fourth-order valence-electron chi connectivity index (χ4n) is 2.99. The van der Waals surface area contributed by atoms with Crippen LogP contribution in [0.25, 0.3) is 4.91 Å². The maximum absolute atomic E-state index is 12.7. The number of aryl methyl sites for hydroxylation is 2. The molecular formula is C20H21ClN2O4S. The van der Waals surface area contributed by atoms with Crippen LogP contribution in [0.2, 0.25) is 5.02 Å². The summed E-state index contributed by atoms with van der Waals surface area (Å²) in [6, 6.07) is 8.78. The molecule has 1 aliphatic rings. The van der Waals surface area contributed by atoms with Crippen molar-refractivity contribution in [2.24, 2.45) is 4.40 Å². The summed E-state index contributed by atoms with van der Waals surface area (Å²) in [5, 5.41) is 3.40. The number of benzene rings is 2. The Balaban J connectivity index is 2.06.